The van der Waals surface area contributed by atoms with Crippen molar-refractivity contribution >= 4 is 0 Å². The average molecular weight is 265 g/mol. The molecule has 0 fully saturated rings. The molecule has 0 radical (unpaired) electrons. The molecule has 96 valence electrons. The number of aryl methyl sites for hydroxylation is 1. The monoisotopic (exact) mass is 265 g/mol. The van der Waals surface area contributed by atoms with E-state index in [-0.39, 0.29) is 21.7 Å². The van der Waals surface area contributed by atoms with Crippen LogP contribution in [0.3, 0.4) is 0 Å². The van der Waals surface area contributed by atoms with Gasteiger partial charge in [0.15, 0.2) is 0 Å². The molecule has 0 amide bonds. The molecule has 4 heteroatoms. The van der Waals surface area contributed by atoms with Crippen LogP contribution >= 0.6 is 0 Å². The summed E-state index contributed by atoms with van der Waals surface area (Å²) in [5.41, 5.74) is 1.48. The normalized spacial score (nSPS) is 6.69. The summed E-state index contributed by atoms with van der Waals surface area (Å²) in [6.07, 6.45) is 3.87. The first-order valence-corrected chi connectivity index (χ1v) is 4.98. The van der Waals surface area contributed by atoms with Crippen molar-refractivity contribution < 1.29 is 37.0 Å². The van der Waals surface area contributed by atoms with Gasteiger partial charge in [0.1, 0.15) is 0 Å². The Kier molecular flexibility index (Phi) is 45.8. The van der Waals surface area contributed by atoms with E-state index >= 15 is 0 Å². The topological polar surface area (TPSA) is 60.7 Å². The Bertz CT molecular complexity index is 153. The summed E-state index contributed by atoms with van der Waals surface area (Å²) in [6, 6.07) is 8.58. The Morgan fingerprint density at radius 3 is 1.56 bits per heavy atom. The van der Waals surface area contributed by atoms with Gasteiger partial charge in [0.05, 0.1) is 0 Å². The van der Waals surface area contributed by atoms with Crippen LogP contribution in [0.15, 0.2) is 24.3 Å². The summed E-state index contributed by atoms with van der Waals surface area (Å²) in [7, 11) is 3.00. The molecule has 0 atom stereocenters. The molecule has 1 aromatic carbocycles. The zero-order chi connectivity index (χ0) is 12.5. The summed E-state index contributed by atoms with van der Waals surface area (Å²) in [6.45, 7) is 2.23. The minimum absolute atomic E-state index is 0. The van der Waals surface area contributed by atoms with E-state index in [0.29, 0.717) is 0 Å². The number of aliphatic hydroxyl groups is 3. The van der Waals surface area contributed by atoms with Gasteiger partial charge in [-0.3, -0.25) is 0 Å². The van der Waals surface area contributed by atoms with Gasteiger partial charge in [-0.05, 0) is 0 Å². The van der Waals surface area contributed by atoms with Gasteiger partial charge in [-0.15, -0.1) is 0 Å². The van der Waals surface area contributed by atoms with Gasteiger partial charge in [0.2, 0.25) is 0 Å². The quantitative estimate of drug-likeness (QED) is 0.574. The predicted molar refractivity (Wildman–Crippen MR) is 65.1 cm³/mol. The molecule has 0 aliphatic carbocycles. The van der Waals surface area contributed by atoms with E-state index < -0.39 is 0 Å². The summed E-state index contributed by atoms with van der Waals surface area (Å²) in [4.78, 5) is 0. The molecule has 0 saturated heterocycles. The molecule has 0 aliphatic rings. The van der Waals surface area contributed by atoms with Crippen molar-refractivity contribution in [1.29, 1.82) is 0 Å². The number of aliphatic hydroxyl groups excluding tert-OH is 3. The molecule has 0 spiro atoms. The second-order valence-electron chi connectivity index (χ2n) is 2.40. The summed E-state index contributed by atoms with van der Waals surface area (Å²) in [5, 5.41) is 21.0. The zero-order valence-corrected chi connectivity index (χ0v) is 12.3. The van der Waals surface area contributed by atoms with E-state index in [9.17, 15) is 0 Å². The SMILES string of the molecule is CCCC[c-]1cccc1.CO.CO.CO.[Ti]. The third-order valence-corrected chi connectivity index (χ3v) is 1.55. The second-order valence-corrected chi connectivity index (χ2v) is 2.40. The maximum absolute atomic E-state index is 7.00. The largest absolute Gasteiger partial charge is 0.400 e. The first-order chi connectivity index (χ1) is 7.43. The van der Waals surface area contributed by atoms with Crippen LogP contribution in [0.25, 0.3) is 0 Å². The van der Waals surface area contributed by atoms with Crippen LogP contribution in [0.5, 0.6) is 0 Å². The minimum Gasteiger partial charge on any atom is -0.400 e. The molecule has 3 nitrogen and oxygen atoms in total. The summed E-state index contributed by atoms with van der Waals surface area (Å²) < 4.78 is 0. The van der Waals surface area contributed by atoms with Crippen molar-refractivity contribution in [2.24, 2.45) is 0 Å². The fraction of sp³-hybridized carbons (Fsp3) is 0.583. The fourth-order valence-corrected chi connectivity index (χ4v) is 0.961. The van der Waals surface area contributed by atoms with Gasteiger partial charge in [-0.25, -0.2) is 12.1 Å². The van der Waals surface area contributed by atoms with E-state index in [1.165, 1.54) is 24.8 Å². The molecule has 16 heavy (non-hydrogen) atoms. The van der Waals surface area contributed by atoms with Crippen LogP contribution in [0.4, 0.5) is 0 Å². The van der Waals surface area contributed by atoms with Gasteiger partial charge in [-0.1, -0.05) is 26.2 Å². The number of hydrogen-bond donors (Lipinski definition) is 3. The minimum atomic E-state index is 0. The van der Waals surface area contributed by atoms with Gasteiger partial charge in [0, 0.05) is 43.0 Å². The van der Waals surface area contributed by atoms with Crippen LogP contribution < -0.4 is 0 Å². The van der Waals surface area contributed by atoms with Crippen LogP contribution in [0.2, 0.25) is 0 Å². The zero-order valence-electron chi connectivity index (χ0n) is 10.8. The third-order valence-electron chi connectivity index (χ3n) is 1.55. The first kappa shape index (κ1) is 25.0. The maximum Gasteiger partial charge on any atom is 0.0319 e. The van der Waals surface area contributed by atoms with E-state index in [1.54, 1.807) is 0 Å². The molecule has 0 aromatic heterocycles. The first-order valence-electron chi connectivity index (χ1n) is 4.98. The Balaban J connectivity index is -0.0000000900. The van der Waals surface area contributed by atoms with E-state index in [0.717, 1.165) is 21.3 Å². The molecule has 1 aromatic rings. The number of hydrogen-bond acceptors (Lipinski definition) is 3. The number of unbranched alkanes of at least 4 members (excludes halogenated alkanes) is 1. The molecule has 0 bridgehead atoms. The van der Waals surface area contributed by atoms with E-state index in [4.69, 9.17) is 15.3 Å². The third kappa shape index (κ3) is 19.5. The standard InChI is InChI=1S/C9H13.3CH4O.Ti/c1-2-3-6-9-7-4-5-8-9;3*1-2;/h4-5,7-8H,2-3,6H2,1H3;3*2H,1H3;/q-1;;;;. The average Bonchev–Trinajstić information content (AvgIpc) is 2.87. The van der Waals surface area contributed by atoms with Crippen LogP contribution in [-0.4, -0.2) is 36.6 Å². The molecule has 0 heterocycles. The molecule has 0 unspecified atom stereocenters. The van der Waals surface area contributed by atoms with Gasteiger partial charge >= 0.3 is 0 Å². The Morgan fingerprint density at radius 1 is 0.875 bits per heavy atom. The van der Waals surface area contributed by atoms with Gasteiger partial charge in [-0.2, -0.15) is 17.7 Å². The van der Waals surface area contributed by atoms with Crippen molar-refractivity contribution in [3.8, 4) is 0 Å². The molecule has 3 N–H and O–H groups in total. The predicted octanol–water partition coefficient (Wildman–Crippen LogP) is 1.57. The van der Waals surface area contributed by atoms with Crippen LogP contribution in [-0.2, 0) is 28.1 Å². The van der Waals surface area contributed by atoms with Crippen molar-refractivity contribution in [2.75, 3.05) is 21.3 Å². The van der Waals surface area contributed by atoms with Crippen molar-refractivity contribution in [2.45, 2.75) is 26.2 Å². The summed E-state index contributed by atoms with van der Waals surface area (Å²) >= 11 is 0. The van der Waals surface area contributed by atoms with Gasteiger partial charge < -0.3 is 15.3 Å². The maximum atomic E-state index is 7.00. The Labute approximate surface area is 114 Å². The molecular formula is C12H25O3Ti-. The van der Waals surface area contributed by atoms with E-state index in [1.807, 2.05) is 0 Å². The number of rotatable bonds is 3. The van der Waals surface area contributed by atoms with Crippen molar-refractivity contribution in [3.63, 3.8) is 0 Å². The second kappa shape index (κ2) is 29.4. The molecule has 0 saturated carbocycles. The van der Waals surface area contributed by atoms with Crippen molar-refractivity contribution in [1.82, 2.24) is 0 Å². The van der Waals surface area contributed by atoms with Crippen LogP contribution in [0, 0.1) is 0 Å². The molecular weight excluding hydrogens is 240 g/mol. The Morgan fingerprint density at radius 2 is 1.25 bits per heavy atom. The van der Waals surface area contributed by atoms with Gasteiger partial charge in [0.25, 0.3) is 0 Å². The molecule has 1 rings (SSSR count). The van der Waals surface area contributed by atoms with Crippen molar-refractivity contribution in [3.05, 3.63) is 29.8 Å². The van der Waals surface area contributed by atoms with Crippen LogP contribution in [0.1, 0.15) is 25.3 Å². The molecule has 0 aliphatic heterocycles. The smallest absolute Gasteiger partial charge is 0.0319 e. The Hall–Kier alpha value is -0.0557. The fourth-order valence-electron chi connectivity index (χ4n) is 0.961. The summed E-state index contributed by atoms with van der Waals surface area (Å²) in [5.74, 6) is 0. The van der Waals surface area contributed by atoms with E-state index in [2.05, 4.69) is 31.2 Å².